The summed E-state index contributed by atoms with van der Waals surface area (Å²) in [5.41, 5.74) is 6.47. The van der Waals surface area contributed by atoms with Crippen LogP contribution in [0.25, 0.3) is 40.0 Å². The summed E-state index contributed by atoms with van der Waals surface area (Å²) in [5.74, 6) is 2.17. The molecular weight excluding hydrogens is 630 g/mol. The molecule has 0 aliphatic carbocycles. The first-order valence-corrected chi connectivity index (χ1v) is 15.8. The van der Waals surface area contributed by atoms with Crippen molar-refractivity contribution in [1.82, 2.24) is 20.2 Å². The van der Waals surface area contributed by atoms with Crippen molar-refractivity contribution in [2.24, 2.45) is 0 Å². The zero-order valence-electron chi connectivity index (χ0n) is 26.6. The lowest BCUT2D eigenvalue weighted by molar-refractivity contribution is -0.113. The standard InChI is InChI=1S/C36H31N5O6S/c1-21-5-15-27-28(17-21)39-34(38-27)24-7-9-25(10-8-24)35-40-41-36(47-35)48-20-32(43)37-26-13-11-23(12-14-26)29(42)16-6-22-18-30(44-2)33(46-4)31(19-22)45-3/h5-19H,20H2,1-4H3,(H,37,43)(H,38,39)/b16-6+. The molecule has 2 heterocycles. The molecule has 1 amide bonds. The maximum Gasteiger partial charge on any atom is 0.277 e. The Morgan fingerprint density at radius 3 is 2.27 bits per heavy atom. The fourth-order valence-corrected chi connectivity index (χ4v) is 5.49. The van der Waals surface area contributed by atoms with Crippen molar-refractivity contribution in [3.05, 3.63) is 102 Å². The van der Waals surface area contributed by atoms with Crippen LogP contribution >= 0.6 is 11.8 Å². The van der Waals surface area contributed by atoms with Crippen molar-refractivity contribution in [3.8, 4) is 40.1 Å². The molecule has 0 unspecified atom stereocenters. The Morgan fingerprint density at radius 1 is 0.875 bits per heavy atom. The van der Waals surface area contributed by atoms with E-state index in [4.69, 9.17) is 18.6 Å². The van der Waals surface area contributed by atoms with Crippen molar-refractivity contribution in [2.45, 2.75) is 12.1 Å². The molecule has 11 nitrogen and oxygen atoms in total. The van der Waals surface area contributed by atoms with Crippen molar-refractivity contribution < 1.29 is 28.2 Å². The molecule has 12 heteroatoms. The van der Waals surface area contributed by atoms with E-state index in [9.17, 15) is 9.59 Å². The molecule has 242 valence electrons. The number of carbonyl (C=O) groups is 2. The number of aromatic nitrogens is 4. The molecule has 0 saturated carbocycles. The van der Waals surface area contributed by atoms with E-state index in [1.54, 1.807) is 42.5 Å². The lowest BCUT2D eigenvalue weighted by atomic mass is 10.1. The highest BCUT2D eigenvalue weighted by Crippen LogP contribution is 2.38. The van der Waals surface area contributed by atoms with Gasteiger partial charge >= 0.3 is 0 Å². The Bertz CT molecular complexity index is 2090. The number of imidazole rings is 1. The number of allylic oxidation sites excluding steroid dienone is 1. The van der Waals surface area contributed by atoms with E-state index in [0.29, 0.717) is 40.0 Å². The summed E-state index contributed by atoms with van der Waals surface area (Å²) in [7, 11) is 4.59. The third-order valence-corrected chi connectivity index (χ3v) is 8.16. The third-order valence-electron chi connectivity index (χ3n) is 7.34. The number of ether oxygens (including phenoxy) is 3. The van der Waals surface area contributed by atoms with E-state index in [1.807, 2.05) is 43.3 Å². The number of anilines is 1. The van der Waals surface area contributed by atoms with Crippen LogP contribution in [0.15, 0.2) is 94.6 Å². The zero-order valence-corrected chi connectivity index (χ0v) is 27.4. The van der Waals surface area contributed by atoms with E-state index >= 15 is 0 Å². The minimum Gasteiger partial charge on any atom is -0.493 e. The molecule has 0 atom stereocenters. The molecule has 4 aromatic carbocycles. The van der Waals surface area contributed by atoms with Crippen LogP contribution in [0, 0.1) is 6.92 Å². The molecular formula is C36H31N5O6S. The molecule has 2 N–H and O–H groups in total. The SMILES string of the molecule is COc1cc(/C=C/C(=O)c2ccc(NC(=O)CSc3nnc(-c4ccc(-c5nc6ccc(C)cc6[nH]5)cc4)o3)cc2)cc(OC)c1OC. The number of nitrogens with zero attached hydrogens (tertiary/aromatic N) is 3. The Morgan fingerprint density at radius 2 is 1.58 bits per heavy atom. The second-order valence-corrected chi connectivity index (χ2v) is 11.6. The van der Waals surface area contributed by atoms with Gasteiger partial charge in [0, 0.05) is 22.4 Å². The number of fused-ring (bicyclic) bond motifs is 1. The van der Waals surface area contributed by atoms with Crippen LogP contribution in [0.1, 0.15) is 21.5 Å². The molecule has 0 bridgehead atoms. The maximum absolute atomic E-state index is 12.8. The molecule has 48 heavy (non-hydrogen) atoms. The molecule has 6 rings (SSSR count). The van der Waals surface area contributed by atoms with Gasteiger partial charge in [0.25, 0.3) is 5.22 Å². The third kappa shape index (κ3) is 7.24. The van der Waals surface area contributed by atoms with E-state index in [0.717, 1.165) is 45.3 Å². The van der Waals surface area contributed by atoms with Crippen LogP contribution in [-0.2, 0) is 4.79 Å². The number of methoxy groups -OCH3 is 3. The Balaban J connectivity index is 1.01. The molecule has 2 aromatic heterocycles. The van der Waals surface area contributed by atoms with E-state index in [1.165, 1.54) is 27.4 Å². The van der Waals surface area contributed by atoms with Crippen LogP contribution in [0.5, 0.6) is 17.2 Å². The summed E-state index contributed by atoms with van der Waals surface area (Å²) in [4.78, 5) is 33.4. The van der Waals surface area contributed by atoms with Gasteiger partial charge in [-0.05, 0) is 84.8 Å². The minimum atomic E-state index is -0.258. The highest BCUT2D eigenvalue weighted by Gasteiger charge is 2.14. The van der Waals surface area contributed by atoms with Crippen molar-refractivity contribution in [3.63, 3.8) is 0 Å². The maximum atomic E-state index is 12.8. The van der Waals surface area contributed by atoms with E-state index < -0.39 is 0 Å². The molecule has 0 aliphatic rings. The second kappa shape index (κ2) is 14.3. The Labute approximate surface area is 280 Å². The first-order chi connectivity index (χ1) is 23.3. The fraction of sp³-hybridized carbons (Fsp3) is 0.139. The number of aromatic amines is 1. The number of thioether (sulfide) groups is 1. The van der Waals surface area contributed by atoms with Gasteiger partial charge in [0.1, 0.15) is 5.82 Å². The summed E-state index contributed by atoms with van der Waals surface area (Å²) in [6, 6.07) is 23.9. The molecule has 0 spiro atoms. The lowest BCUT2D eigenvalue weighted by Gasteiger charge is -2.12. The van der Waals surface area contributed by atoms with Crippen LogP contribution < -0.4 is 19.5 Å². The van der Waals surface area contributed by atoms with Gasteiger partial charge in [0.15, 0.2) is 17.3 Å². The van der Waals surface area contributed by atoms with E-state index in [-0.39, 0.29) is 22.7 Å². The average Bonchev–Trinajstić information content (AvgIpc) is 3.77. The van der Waals surface area contributed by atoms with Crippen LogP contribution in [0.4, 0.5) is 5.69 Å². The molecule has 6 aromatic rings. The number of ketones is 1. The first kappa shape index (κ1) is 32.1. The average molecular weight is 662 g/mol. The van der Waals surface area contributed by atoms with Gasteiger partial charge in [-0.1, -0.05) is 36.0 Å². The summed E-state index contributed by atoms with van der Waals surface area (Å²) < 4.78 is 21.9. The van der Waals surface area contributed by atoms with Crippen LogP contribution in [0.2, 0.25) is 0 Å². The normalized spacial score (nSPS) is 11.2. The van der Waals surface area contributed by atoms with Gasteiger partial charge in [0.2, 0.25) is 17.5 Å². The number of H-pyrrole nitrogens is 1. The molecule has 0 saturated heterocycles. The van der Waals surface area contributed by atoms with Gasteiger partial charge in [-0.3, -0.25) is 9.59 Å². The Kier molecular flexibility index (Phi) is 9.53. The van der Waals surface area contributed by atoms with E-state index in [2.05, 4.69) is 31.5 Å². The predicted octanol–water partition coefficient (Wildman–Crippen LogP) is 7.24. The largest absolute Gasteiger partial charge is 0.493 e. The predicted molar refractivity (Wildman–Crippen MR) is 185 cm³/mol. The van der Waals surface area contributed by atoms with Crippen LogP contribution in [0.3, 0.4) is 0 Å². The number of rotatable bonds is 12. The summed E-state index contributed by atoms with van der Waals surface area (Å²) in [6.45, 7) is 2.05. The number of hydrogen-bond donors (Lipinski definition) is 2. The first-order valence-electron chi connectivity index (χ1n) is 14.8. The monoisotopic (exact) mass is 661 g/mol. The molecule has 0 fully saturated rings. The second-order valence-electron chi connectivity index (χ2n) is 10.6. The number of benzene rings is 4. The van der Waals surface area contributed by atoms with Gasteiger partial charge in [-0.25, -0.2) is 4.98 Å². The van der Waals surface area contributed by atoms with Gasteiger partial charge in [-0.15, -0.1) is 10.2 Å². The van der Waals surface area contributed by atoms with Gasteiger partial charge in [-0.2, -0.15) is 0 Å². The number of amides is 1. The summed E-state index contributed by atoms with van der Waals surface area (Å²) in [6.07, 6.45) is 3.13. The van der Waals surface area contributed by atoms with Crippen LogP contribution in [-0.4, -0.2) is 58.9 Å². The van der Waals surface area contributed by atoms with Gasteiger partial charge in [0.05, 0.1) is 38.1 Å². The van der Waals surface area contributed by atoms with Gasteiger partial charge < -0.3 is 28.9 Å². The summed E-state index contributed by atoms with van der Waals surface area (Å²) in [5, 5.41) is 11.3. The summed E-state index contributed by atoms with van der Waals surface area (Å²) >= 11 is 1.13. The zero-order chi connectivity index (χ0) is 33.6. The lowest BCUT2D eigenvalue weighted by Crippen LogP contribution is -2.14. The smallest absolute Gasteiger partial charge is 0.277 e. The number of carbonyl (C=O) groups excluding carboxylic acids is 2. The highest BCUT2D eigenvalue weighted by molar-refractivity contribution is 7.99. The fourth-order valence-electron chi connectivity index (χ4n) is 4.92. The minimum absolute atomic E-state index is 0.0598. The number of hydrogen-bond acceptors (Lipinski definition) is 10. The number of nitrogens with one attached hydrogen (secondary N) is 2. The topological polar surface area (TPSA) is 141 Å². The van der Waals surface area contributed by atoms with Crippen molar-refractivity contribution in [1.29, 1.82) is 0 Å². The highest BCUT2D eigenvalue weighted by atomic mass is 32.2. The van der Waals surface area contributed by atoms with Crippen molar-refractivity contribution >= 4 is 46.2 Å². The molecule has 0 radical (unpaired) electrons. The Hall–Kier alpha value is -5.88. The van der Waals surface area contributed by atoms with Crippen molar-refractivity contribution in [2.75, 3.05) is 32.4 Å². The number of aryl methyl sites for hydroxylation is 1. The quantitative estimate of drug-likeness (QED) is 0.0783. The molecule has 0 aliphatic heterocycles.